The zero-order valence-corrected chi connectivity index (χ0v) is 13.1. The van der Waals surface area contributed by atoms with E-state index < -0.39 is 0 Å². The predicted octanol–water partition coefficient (Wildman–Crippen LogP) is 2.26. The molecule has 0 N–H and O–H groups in total. The number of carbonyl (C=O) groups is 1. The third-order valence-electron chi connectivity index (χ3n) is 3.97. The van der Waals surface area contributed by atoms with Crippen LogP contribution in [0.15, 0.2) is 30.3 Å². The van der Waals surface area contributed by atoms with E-state index in [0.29, 0.717) is 18.9 Å². The number of para-hydroxylation sites is 1. The van der Waals surface area contributed by atoms with Gasteiger partial charge in [0, 0.05) is 32.6 Å². The molecule has 116 valence electrons. The molecule has 0 bridgehead atoms. The summed E-state index contributed by atoms with van der Waals surface area (Å²) in [6, 6.07) is 9.82. The SMILES string of the molecule is C[C@H]1CCN(C(=O)CCN(C)CCOc2ccccc2)C1. The van der Waals surface area contributed by atoms with Crippen molar-refractivity contribution in [2.75, 3.05) is 39.8 Å². The van der Waals surface area contributed by atoms with Gasteiger partial charge in [0.05, 0.1) is 0 Å². The fourth-order valence-electron chi connectivity index (χ4n) is 2.55. The van der Waals surface area contributed by atoms with Gasteiger partial charge in [0.1, 0.15) is 12.4 Å². The average Bonchev–Trinajstić information content (AvgIpc) is 2.92. The van der Waals surface area contributed by atoms with E-state index in [9.17, 15) is 4.79 Å². The minimum absolute atomic E-state index is 0.287. The van der Waals surface area contributed by atoms with Crippen molar-refractivity contribution in [3.05, 3.63) is 30.3 Å². The molecule has 0 unspecified atom stereocenters. The van der Waals surface area contributed by atoms with Crippen LogP contribution in [0, 0.1) is 5.92 Å². The number of hydrogen-bond acceptors (Lipinski definition) is 3. The van der Waals surface area contributed by atoms with Gasteiger partial charge in [0.15, 0.2) is 0 Å². The topological polar surface area (TPSA) is 32.8 Å². The molecule has 1 saturated heterocycles. The molecular weight excluding hydrogens is 264 g/mol. The third kappa shape index (κ3) is 5.38. The van der Waals surface area contributed by atoms with E-state index in [-0.39, 0.29) is 5.91 Å². The number of benzene rings is 1. The summed E-state index contributed by atoms with van der Waals surface area (Å²) in [5, 5.41) is 0. The van der Waals surface area contributed by atoms with Gasteiger partial charge in [-0.15, -0.1) is 0 Å². The first kappa shape index (κ1) is 15.8. The van der Waals surface area contributed by atoms with Crippen molar-refractivity contribution in [1.82, 2.24) is 9.80 Å². The Hall–Kier alpha value is -1.55. The molecule has 0 radical (unpaired) electrons. The number of ether oxygens (including phenoxy) is 1. The van der Waals surface area contributed by atoms with Crippen molar-refractivity contribution in [2.24, 2.45) is 5.92 Å². The predicted molar refractivity (Wildman–Crippen MR) is 84.4 cm³/mol. The zero-order chi connectivity index (χ0) is 15.1. The normalized spacial score (nSPS) is 18.2. The maximum absolute atomic E-state index is 12.1. The van der Waals surface area contributed by atoms with E-state index >= 15 is 0 Å². The molecule has 1 fully saturated rings. The largest absolute Gasteiger partial charge is 0.492 e. The molecule has 21 heavy (non-hydrogen) atoms. The van der Waals surface area contributed by atoms with Gasteiger partial charge in [-0.1, -0.05) is 25.1 Å². The molecule has 1 aromatic rings. The molecule has 0 saturated carbocycles. The maximum atomic E-state index is 12.1. The van der Waals surface area contributed by atoms with Gasteiger partial charge in [-0.3, -0.25) is 4.79 Å². The number of hydrogen-bond donors (Lipinski definition) is 0. The van der Waals surface area contributed by atoms with Crippen LogP contribution >= 0.6 is 0 Å². The molecular formula is C17H26N2O2. The van der Waals surface area contributed by atoms with Crippen molar-refractivity contribution in [1.29, 1.82) is 0 Å². The van der Waals surface area contributed by atoms with Gasteiger partial charge in [-0.2, -0.15) is 0 Å². The van der Waals surface area contributed by atoms with Crippen LogP contribution in [-0.2, 0) is 4.79 Å². The summed E-state index contributed by atoms with van der Waals surface area (Å²) in [4.78, 5) is 16.2. The first-order chi connectivity index (χ1) is 10.1. The Morgan fingerprint density at radius 1 is 1.33 bits per heavy atom. The number of amides is 1. The molecule has 1 aliphatic heterocycles. The smallest absolute Gasteiger partial charge is 0.223 e. The van der Waals surface area contributed by atoms with Crippen LogP contribution in [0.1, 0.15) is 19.8 Å². The first-order valence-electron chi connectivity index (χ1n) is 7.79. The van der Waals surface area contributed by atoms with E-state index in [1.54, 1.807) is 0 Å². The number of rotatable bonds is 7. The quantitative estimate of drug-likeness (QED) is 0.772. The minimum Gasteiger partial charge on any atom is -0.492 e. The minimum atomic E-state index is 0.287. The summed E-state index contributed by atoms with van der Waals surface area (Å²) in [7, 11) is 2.04. The lowest BCUT2D eigenvalue weighted by Crippen LogP contribution is -2.33. The summed E-state index contributed by atoms with van der Waals surface area (Å²) < 4.78 is 5.66. The second-order valence-corrected chi connectivity index (χ2v) is 5.95. The van der Waals surface area contributed by atoms with E-state index in [4.69, 9.17) is 4.74 Å². The number of likely N-dealkylation sites (tertiary alicyclic amines) is 1. The number of nitrogens with zero attached hydrogens (tertiary/aromatic N) is 2. The Balaban J connectivity index is 1.59. The van der Waals surface area contributed by atoms with Crippen LogP contribution in [0.4, 0.5) is 0 Å². The molecule has 1 amide bonds. The standard InChI is InChI=1S/C17H26N2O2/c1-15-8-11-19(14-15)17(20)9-10-18(2)12-13-21-16-6-4-3-5-7-16/h3-7,15H,8-14H2,1-2H3/t15-/m0/s1. The highest BCUT2D eigenvalue weighted by Crippen LogP contribution is 2.15. The fraction of sp³-hybridized carbons (Fsp3) is 0.588. The lowest BCUT2D eigenvalue weighted by Gasteiger charge is -2.20. The van der Waals surface area contributed by atoms with Crippen LogP contribution in [0.2, 0.25) is 0 Å². The molecule has 0 aliphatic carbocycles. The summed E-state index contributed by atoms with van der Waals surface area (Å²) in [5.74, 6) is 1.84. The van der Waals surface area contributed by atoms with Crippen molar-refractivity contribution < 1.29 is 9.53 Å². The molecule has 4 nitrogen and oxygen atoms in total. The van der Waals surface area contributed by atoms with Crippen LogP contribution in [0.5, 0.6) is 5.75 Å². The molecule has 0 aromatic heterocycles. The van der Waals surface area contributed by atoms with Crippen molar-refractivity contribution >= 4 is 5.91 Å². The lowest BCUT2D eigenvalue weighted by atomic mass is 10.2. The van der Waals surface area contributed by atoms with Crippen LogP contribution in [0.25, 0.3) is 0 Å². The fourth-order valence-corrected chi connectivity index (χ4v) is 2.55. The zero-order valence-electron chi connectivity index (χ0n) is 13.1. The molecule has 1 heterocycles. The van der Waals surface area contributed by atoms with Crippen molar-refractivity contribution in [3.63, 3.8) is 0 Å². The van der Waals surface area contributed by atoms with E-state index in [1.165, 1.54) is 0 Å². The van der Waals surface area contributed by atoms with Gasteiger partial charge in [0.25, 0.3) is 0 Å². The molecule has 1 atom stereocenters. The van der Waals surface area contributed by atoms with Gasteiger partial charge in [-0.05, 0) is 31.5 Å². The third-order valence-corrected chi connectivity index (χ3v) is 3.97. The second-order valence-electron chi connectivity index (χ2n) is 5.95. The highest BCUT2D eigenvalue weighted by atomic mass is 16.5. The number of carbonyl (C=O) groups excluding carboxylic acids is 1. The Kier molecular flexibility index (Phi) is 6.05. The van der Waals surface area contributed by atoms with Gasteiger partial charge in [0.2, 0.25) is 5.91 Å². The summed E-state index contributed by atoms with van der Waals surface area (Å²) in [5.41, 5.74) is 0. The van der Waals surface area contributed by atoms with Gasteiger partial charge >= 0.3 is 0 Å². The highest BCUT2D eigenvalue weighted by Gasteiger charge is 2.22. The van der Waals surface area contributed by atoms with Gasteiger partial charge in [-0.25, -0.2) is 0 Å². The Morgan fingerprint density at radius 2 is 2.10 bits per heavy atom. The van der Waals surface area contributed by atoms with E-state index in [2.05, 4.69) is 11.8 Å². The molecule has 1 aliphatic rings. The second kappa shape index (κ2) is 8.03. The lowest BCUT2D eigenvalue weighted by molar-refractivity contribution is -0.130. The Labute approximate surface area is 127 Å². The number of likely N-dealkylation sites (N-methyl/N-ethyl adjacent to an activating group) is 1. The monoisotopic (exact) mass is 290 g/mol. The molecule has 1 aromatic carbocycles. The van der Waals surface area contributed by atoms with Crippen molar-refractivity contribution in [3.8, 4) is 5.75 Å². The van der Waals surface area contributed by atoms with Crippen molar-refractivity contribution in [2.45, 2.75) is 19.8 Å². The Morgan fingerprint density at radius 3 is 2.76 bits per heavy atom. The average molecular weight is 290 g/mol. The van der Waals surface area contributed by atoms with Crippen LogP contribution < -0.4 is 4.74 Å². The highest BCUT2D eigenvalue weighted by molar-refractivity contribution is 5.76. The molecule has 2 rings (SSSR count). The molecule has 4 heteroatoms. The molecule has 0 spiro atoms. The van der Waals surface area contributed by atoms with Crippen LogP contribution in [-0.4, -0.2) is 55.5 Å². The first-order valence-corrected chi connectivity index (χ1v) is 7.79. The maximum Gasteiger partial charge on any atom is 0.223 e. The van der Waals surface area contributed by atoms with E-state index in [1.807, 2.05) is 42.3 Å². The summed E-state index contributed by atoms with van der Waals surface area (Å²) in [6.07, 6.45) is 1.75. The summed E-state index contributed by atoms with van der Waals surface area (Å²) in [6.45, 7) is 6.34. The van der Waals surface area contributed by atoms with E-state index in [0.717, 1.165) is 38.3 Å². The summed E-state index contributed by atoms with van der Waals surface area (Å²) >= 11 is 0. The van der Waals surface area contributed by atoms with Crippen LogP contribution in [0.3, 0.4) is 0 Å². The van der Waals surface area contributed by atoms with Gasteiger partial charge < -0.3 is 14.5 Å². The Bertz CT molecular complexity index is 436.